The fourth-order valence-corrected chi connectivity index (χ4v) is 3.66. The highest BCUT2D eigenvalue weighted by Gasteiger charge is 2.25. The van der Waals surface area contributed by atoms with Gasteiger partial charge >= 0.3 is 0 Å². The molecular formula is C19H28N2O2. The van der Waals surface area contributed by atoms with E-state index < -0.39 is 0 Å². The second kappa shape index (κ2) is 8.46. The Hall–Kier alpha value is -1.39. The number of nitrogens with zero attached hydrogens (tertiary/aromatic N) is 2. The van der Waals surface area contributed by atoms with Gasteiger partial charge in [-0.25, -0.2) is 0 Å². The quantitative estimate of drug-likeness (QED) is 0.855. The van der Waals surface area contributed by atoms with Gasteiger partial charge in [-0.1, -0.05) is 30.3 Å². The molecule has 126 valence electrons. The Morgan fingerprint density at radius 3 is 2.61 bits per heavy atom. The summed E-state index contributed by atoms with van der Waals surface area (Å²) in [6.07, 6.45) is 4.85. The predicted octanol–water partition coefficient (Wildman–Crippen LogP) is 2.33. The van der Waals surface area contributed by atoms with E-state index in [1.54, 1.807) is 0 Å². The molecule has 3 rings (SSSR count). The molecule has 23 heavy (non-hydrogen) atoms. The third kappa shape index (κ3) is 4.79. The van der Waals surface area contributed by atoms with Crippen molar-refractivity contribution in [1.82, 2.24) is 9.80 Å². The molecule has 1 amide bonds. The molecule has 2 fully saturated rings. The maximum absolute atomic E-state index is 12.5. The van der Waals surface area contributed by atoms with Gasteiger partial charge in [0.1, 0.15) is 0 Å². The van der Waals surface area contributed by atoms with Gasteiger partial charge in [0, 0.05) is 51.9 Å². The highest BCUT2D eigenvalue weighted by Crippen LogP contribution is 2.17. The van der Waals surface area contributed by atoms with E-state index >= 15 is 0 Å². The minimum atomic E-state index is 0.308. The Morgan fingerprint density at radius 1 is 1.04 bits per heavy atom. The van der Waals surface area contributed by atoms with Crippen molar-refractivity contribution in [3.05, 3.63) is 35.9 Å². The molecule has 2 saturated heterocycles. The van der Waals surface area contributed by atoms with Crippen LogP contribution in [0.4, 0.5) is 0 Å². The summed E-state index contributed by atoms with van der Waals surface area (Å²) in [5, 5.41) is 0. The van der Waals surface area contributed by atoms with Crippen LogP contribution in [0.25, 0.3) is 0 Å². The number of carbonyl (C=O) groups excluding carboxylic acids is 1. The zero-order valence-electron chi connectivity index (χ0n) is 14.0. The Balaban J connectivity index is 1.46. The fraction of sp³-hybridized carbons (Fsp3) is 0.632. The maximum Gasteiger partial charge on any atom is 0.222 e. The largest absolute Gasteiger partial charge is 0.381 e. The van der Waals surface area contributed by atoms with E-state index in [-0.39, 0.29) is 0 Å². The van der Waals surface area contributed by atoms with Crippen molar-refractivity contribution in [1.29, 1.82) is 0 Å². The van der Waals surface area contributed by atoms with Gasteiger partial charge in [-0.05, 0) is 31.2 Å². The van der Waals surface area contributed by atoms with Crippen molar-refractivity contribution in [3.63, 3.8) is 0 Å². The monoisotopic (exact) mass is 316 g/mol. The normalized spacial score (nSPS) is 21.1. The van der Waals surface area contributed by atoms with E-state index in [1.165, 1.54) is 5.56 Å². The van der Waals surface area contributed by atoms with Gasteiger partial charge in [0.2, 0.25) is 5.91 Å². The molecule has 1 aromatic rings. The van der Waals surface area contributed by atoms with Crippen LogP contribution >= 0.6 is 0 Å². The number of amides is 1. The third-order valence-electron chi connectivity index (χ3n) is 5.06. The van der Waals surface area contributed by atoms with E-state index in [0.29, 0.717) is 18.4 Å². The summed E-state index contributed by atoms with van der Waals surface area (Å²) < 4.78 is 5.46. The zero-order chi connectivity index (χ0) is 15.9. The third-order valence-corrected chi connectivity index (χ3v) is 5.06. The van der Waals surface area contributed by atoms with Crippen LogP contribution in [0.2, 0.25) is 0 Å². The summed E-state index contributed by atoms with van der Waals surface area (Å²) in [7, 11) is 0. The van der Waals surface area contributed by atoms with Gasteiger partial charge < -0.3 is 9.64 Å². The fourth-order valence-electron chi connectivity index (χ4n) is 3.66. The Kier molecular flexibility index (Phi) is 6.06. The van der Waals surface area contributed by atoms with Crippen LogP contribution < -0.4 is 0 Å². The first kappa shape index (κ1) is 16.5. The Labute approximate surface area is 139 Å². The van der Waals surface area contributed by atoms with Crippen LogP contribution in [-0.2, 0) is 16.0 Å². The molecule has 0 unspecified atom stereocenters. The molecule has 0 saturated carbocycles. The van der Waals surface area contributed by atoms with Crippen molar-refractivity contribution < 1.29 is 9.53 Å². The highest BCUT2D eigenvalue weighted by molar-refractivity contribution is 5.76. The molecule has 4 nitrogen and oxygen atoms in total. The van der Waals surface area contributed by atoms with Crippen LogP contribution in [0.3, 0.4) is 0 Å². The Morgan fingerprint density at radius 2 is 1.83 bits per heavy atom. The van der Waals surface area contributed by atoms with E-state index in [0.717, 1.165) is 65.1 Å². The number of aryl methyl sites for hydroxylation is 1. The first-order valence-corrected chi connectivity index (χ1v) is 8.96. The van der Waals surface area contributed by atoms with Crippen molar-refractivity contribution in [2.45, 2.75) is 38.1 Å². The summed E-state index contributed by atoms with van der Waals surface area (Å²) in [6, 6.07) is 11.0. The SMILES string of the molecule is O=C(CCc1ccccc1)N1CCCN(C2CCOCC2)CC1. The minimum Gasteiger partial charge on any atom is -0.381 e. The molecule has 2 aliphatic rings. The zero-order valence-corrected chi connectivity index (χ0v) is 14.0. The second-order valence-corrected chi connectivity index (χ2v) is 6.60. The molecule has 0 radical (unpaired) electrons. The molecule has 2 heterocycles. The smallest absolute Gasteiger partial charge is 0.222 e. The summed E-state index contributed by atoms with van der Waals surface area (Å²) >= 11 is 0. The highest BCUT2D eigenvalue weighted by atomic mass is 16.5. The van der Waals surface area contributed by atoms with Gasteiger partial charge in [-0.2, -0.15) is 0 Å². The van der Waals surface area contributed by atoms with Crippen LogP contribution in [0.15, 0.2) is 30.3 Å². The summed E-state index contributed by atoms with van der Waals surface area (Å²) in [5.41, 5.74) is 1.25. The second-order valence-electron chi connectivity index (χ2n) is 6.60. The summed E-state index contributed by atoms with van der Waals surface area (Å²) in [6.45, 7) is 5.70. The maximum atomic E-state index is 12.5. The molecular weight excluding hydrogens is 288 g/mol. The van der Waals surface area contributed by atoms with Gasteiger partial charge in [-0.15, -0.1) is 0 Å². The first-order chi connectivity index (χ1) is 11.3. The van der Waals surface area contributed by atoms with Crippen LogP contribution in [0.5, 0.6) is 0 Å². The molecule has 0 spiro atoms. The lowest BCUT2D eigenvalue weighted by Crippen LogP contribution is -2.42. The van der Waals surface area contributed by atoms with Crippen LogP contribution in [0, 0.1) is 0 Å². The van der Waals surface area contributed by atoms with Crippen molar-refractivity contribution in [3.8, 4) is 0 Å². The van der Waals surface area contributed by atoms with Crippen molar-refractivity contribution in [2.24, 2.45) is 0 Å². The number of rotatable bonds is 4. The van der Waals surface area contributed by atoms with Crippen molar-refractivity contribution >= 4 is 5.91 Å². The van der Waals surface area contributed by atoms with E-state index in [9.17, 15) is 4.79 Å². The predicted molar refractivity (Wildman–Crippen MR) is 91.4 cm³/mol. The van der Waals surface area contributed by atoms with E-state index in [1.807, 2.05) is 18.2 Å². The molecule has 0 N–H and O–H groups in total. The minimum absolute atomic E-state index is 0.308. The van der Waals surface area contributed by atoms with Crippen LogP contribution in [-0.4, -0.2) is 61.1 Å². The number of hydrogen-bond donors (Lipinski definition) is 0. The van der Waals surface area contributed by atoms with Gasteiger partial charge in [0.25, 0.3) is 0 Å². The molecule has 0 atom stereocenters. The topological polar surface area (TPSA) is 32.8 Å². The van der Waals surface area contributed by atoms with Gasteiger partial charge in [0.05, 0.1) is 0 Å². The van der Waals surface area contributed by atoms with E-state index in [4.69, 9.17) is 4.74 Å². The number of ether oxygens (including phenoxy) is 1. The molecule has 0 aliphatic carbocycles. The summed E-state index contributed by atoms with van der Waals surface area (Å²) in [4.78, 5) is 17.1. The lowest BCUT2D eigenvalue weighted by atomic mass is 10.1. The van der Waals surface area contributed by atoms with Crippen LogP contribution in [0.1, 0.15) is 31.2 Å². The standard InChI is InChI=1S/C19H28N2O2/c22-19(8-7-17-5-2-1-3-6-17)21-12-4-11-20(13-14-21)18-9-15-23-16-10-18/h1-3,5-6,18H,4,7-16H2. The van der Waals surface area contributed by atoms with Gasteiger partial charge in [0.15, 0.2) is 0 Å². The van der Waals surface area contributed by atoms with E-state index in [2.05, 4.69) is 21.9 Å². The lowest BCUT2D eigenvalue weighted by molar-refractivity contribution is -0.131. The average molecular weight is 316 g/mol. The molecule has 0 bridgehead atoms. The molecule has 4 heteroatoms. The summed E-state index contributed by atoms with van der Waals surface area (Å²) in [5.74, 6) is 0.308. The molecule has 0 aromatic heterocycles. The lowest BCUT2D eigenvalue weighted by Gasteiger charge is -2.33. The molecule has 2 aliphatic heterocycles. The number of benzene rings is 1. The first-order valence-electron chi connectivity index (χ1n) is 8.96. The Bertz CT molecular complexity index is 485. The number of carbonyl (C=O) groups is 1. The molecule has 1 aromatic carbocycles. The van der Waals surface area contributed by atoms with Crippen molar-refractivity contribution in [2.75, 3.05) is 39.4 Å². The number of hydrogen-bond acceptors (Lipinski definition) is 3. The average Bonchev–Trinajstić information content (AvgIpc) is 2.87. The van der Waals surface area contributed by atoms with Gasteiger partial charge in [-0.3, -0.25) is 9.69 Å².